The van der Waals surface area contributed by atoms with Crippen molar-refractivity contribution in [1.82, 2.24) is 0 Å². The molecule has 0 bridgehead atoms. The summed E-state index contributed by atoms with van der Waals surface area (Å²) >= 11 is 0. The Morgan fingerprint density at radius 3 is 1.88 bits per heavy atom. The minimum atomic E-state index is -0.636. The first-order valence-electron chi connectivity index (χ1n) is 5.92. The van der Waals surface area contributed by atoms with Crippen molar-refractivity contribution < 1.29 is 9.47 Å². The van der Waals surface area contributed by atoms with Gasteiger partial charge in [-0.1, -0.05) is 46.0 Å². The van der Waals surface area contributed by atoms with E-state index in [1.165, 1.54) is 5.30 Å². The van der Waals surface area contributed by atoms with Crippen LogP contribution in [0.1, 0.15) is 26.3 Å². The molecule has 1 aromatic rings. The van der Waals surface area contributed by atoms with E-state index in [2.05, 4.69) is 31.5 Å². The molecule has 0 amide bonds. The van der Waals surface area contributed by atoms with Crippen molar-refractivity contribution >= 4 is 13.2 Å². The van der Waals surface area contributed by atoms with Crippen LogP contribution >= 0.6 is 7.92 Å². The van der Waals surface area contributed by atoms with Crippen LogP contribution in [0.4, 0.5) is 0 Å². The highest BCUT2D eigenvalue weighted by atomic mass is 31.1. The second kappa shape index (κ2) is 7.81. The molecule has 2 nitrogen and oxygen atoms in total. The third-order valence-corrected chi connectivity index (χ3v) is 4.01. The molecule has 0 aliphatic rings. The van der Waals surface area contributed by atoms with Gasteiger partial charge in [-0.3, -0.25) is 0 Å². The van der Waals surface area contributed by atoms with Gasteiger partial charge in [0, 0.05) is 19.8 Å². The number of benzene rings is 1. The predicted octanol–water partition coefficient (Wildman–Crippen LogP) is 3.55. The molecule has 0 heterocycles. The molecular formula is C14H25O2P. The van der Waals surface area contributed by atoms with E-state index >= 15 is 0 Å². The summed E-state index contributed by atoms with van der Waals surface area (Å²) in [5.41, 5.74) is 1.13. The Bertz CT molecular complexity index is 320. The number of hydrogen-bond acceptors (Lipinski definition) is 2. The minimum absolute atomic E-state index is 0.152. The van der Waals surface area contributed by atoms with Crippen molar-refractivity contribution in [3.63, 3.8) is 0 Å². The molecule has 0 spiro atoms. The van der Waals surface area contributed by atoms with Gasteiger partial charge in [0.2, 0.25) is 0 Å². The van der Waals surface area contributed by atoms with Crippen LogP contribution < -0.4 is 5.30 Å². The van der Waals surface area contributed by atoms with Gasteiger partial charge >= 0.3 is 0 Å². The highest BCUT2D eigenvalue weighted by molar-refractivity contribution is 7.64. The number of ether oxygens (including phenoxy) is 2. The van der Waals surface area contributed by atoms with Crippen LogP contribution in [0.5, 0.6) is 0 Å². The summed E-state index contributed by atoms with van der Waals surface area (Å²) in [7, 11) is 3.20. The lowest BCUT2D eigenvalue weighted by Crippen LogP contribution is -2.31. The Hall–Kier alpha value is -0.430. The summed E-state index contributed by atoms with van der Waals surface area (Å²) in [6, 6.07) is 8.31. The first kappa shape index (κ1) is 16.6. The van der Waals surface area contributed by atoms with Crippen molar-refractivity contribution in [2.75, 3.05) is 27.5 Å². The van der Waals surface area contributed by atoms with Gasteiger partial charge in [-0.05, 0) is 25.6 Å². The van der Waals surface area contributed by atoms with E-state index in [9.17, 15) is 0 Å². The number of methoxy groups -OCH3 is 2. The SMILES string of the molecule is CC.COC(C)(OC)c1ccccc1P(C)C. The molecule has 1 rings (SSSR count). The Kier molecular flexibility index (Phi) is 7.61. The van der Waals surface area contributed by atoms with E-state index in [1.807, 2.05) is 26.8 Å². The predicted molar refractivity (Wildman–Crippen MR) is 77.6 cm³/mol. The third-order valence-electron chi connectivity index (χ3n) is 2.65. The van der Waals surface area contributed by atoms with E-state index in [-0.39, 0.29) is 7.92 Å². The molecule has 0 N–H and O–H groups in total. The molecule has 0 atom stereocenters. The Morgan fingerprint density at radius 1 is 1.00 bits per heavy atom. The molecule has 0 radical (unpaired) electrons. The molecule has 98 valence electrons. The molecule has 0 aliphatic heterocycles. The highest BCUT2D eigenvalue weighted by Gasteiger charge is 2.28. The highest BCUT2D eigenvalue weighted by Crippen LogP contribution is 2.32. The topological polar surface area (TPSA) is 18.5 Å². The molecule has 17 heavy (non-hydrogen) atoms. The first-order valence-corrected chi connectivity index (χ1v) is 8.16. The molecule has 0 unspecified atom stereocenters. The van der Waals surface area contributed by atoms with Crippen LogP contribution in [0.3, 0.4) is 0 Å². The van der Waals surface area contributed by atoms with Gasteiger partial charge in [-0.15, -0.1) is 0 Å². The molecule has 0 saturated heterocycles. The van der Waals surface area contributed by atoms with E-state index < -0.39 is 5.79 Å². The second-order valence-corrected chi connectivity index (χ2v) is 6.04. The van der Waals surface area contributed by atoms with E-state index in [4.69, 9.17) is 9.47 Å². The van der Waals surface area contributed by atoms with Gasteiger partial charge in [-0.25, -0.2) is 0 Å². The van der Waals surface area contributed by atoms with Crippen molar-refractivity contribution in [1.29, 1.82) is 0 Å². The maximum Gasteiger partial charge on any atom is 0.191 e. The van der Waals surface area contributed by atoms with Crippen molar-refractivity contribution in [2.45, 2.75) is 26.6 Å². The lowest BCUT2D eigenvalue weighted by atomic mass is 10.1. The van der Waals surface area contributed by atoms with Gasteiger partial charge in [0.05, 0.1) is 0 Å². The maximum absolute atomic E-state index is 5.45. The van der Waals surface area contributed by atoms with Crippen LogP contribution in [0.2, 0.25) is 0 Å². The summed E-state index contributed by atoms with van der Waals surface area (Å²) in [5.74, 6) is -0.636. The average molecular weight is 256 g/mol. The van der Waals surface area contributed by atoms with Crippen LogP contribution in [0.15, 0.2) is 24.3 Å². The zero-order valence-electron chi connectivity index (χ0n) is 12.1. The fraction of sp³-hybridized carbons (Fsp3) is 0.571. The van der Waals surface area contributed by atoms with E-state index in [0.717, 1.165) is 5.56 Å². The quantitative estimate of drug-likeness (QED) is 0.606. The van der Waals surface area contributed by atoms with Crippen LogP contribution in [0.25, 0.3) is 0 Å². The molecule has 1 aromatic carbocycles. The largest absolute Gasteiger partial charge is 0.349 e. The van der Waals surface area contributed by atoms with Crippen LogP contribution in [-0.4, -0.2) is 27.5 Å². The lowest BCUT2D eigenvalue weighted by molar-refractivity contribution is -0.201. The smallest absolute Gasteiger partial charge is 0.191 e. The fourth-order valence-corrected chi connectivity index (χ4v) is 2.69. The first-order chi connectivity index (χ1) is 8.05. The second-order valence-electron chi connectivity index (χ2n) is 3.77. The third kappa shape index (κ3) is 4.06. The molecule has 0 aromatic heterocycles. The number of rotatable bonds is 4. The molecule has 0 saturated carbocycles. The van der Waals surface area contributed by atoms with Gasteiger partial charge in [-0.2, -0.15) is 0 Å². The Balaban J connectivity index is 0.00000121. The van der Waals surface area contributed by atoms with Gasteiger partial charge < -0.3 is 9.47 Å². The normalized spacial score (nSPS) is 11.1. The van der Waals surface area contributed by atoms with Gasteiger partial charge in [0.15, 0.2) is 5.79 Å². The summed E-state index contributed by atoms with van der Waals surface area (Å²) < 4.78 is 10.9. The monoisotopic (exact) mass is 256 g/mol. The zero-order valence-corrected chi connectivity index (χ0v) is 13.0. The van der Waals surface area contributed by atoms with Crippen LogP contribution in [-0.2, 0) is 15.3 Å². The van der Waals surface area contributed by atoms with Crippen molar-refractivity contribution in [2.24, 2.45) is 0 Å². The summed E-state index contributed by atoms with van der Waals surface area (Å²) in [4.78, 5) is 0. The van der Waals surface area contributed by atoms with Gasteiger partial charge in [0.1, 0.15) is 0 Å². The van der Waals surface area contributed by atoms with Crippen molar-refractivity contribution in [3.8, 4) is 0 Å². The van der Waals surface area contributed by atoms with E-state index in [0.29, 0.717) is 0 Å². The maximum atomic E-state index is 5.45. The number of hydrogen-bond donors (Lipinski definition) is 0. The molecule has 3 heteroatoms. The molecule has 0 fully saturated rings. The van der Waals surface area contributed by atoms with Crippen LogP contribution in [0, 0.1) is 0 Å². The zero-order chi connectivity index (χ0) is 13.5. The lowest BCUT2D eigenvalue weighted by Gasteiger charge is -2.29. The van der Waals surface area contributed by atoms with E-state index in [1.54, 1.807) is 14.2 Å². The van der Waals surface area contributed by atoms with Gasteiger partial charge in [0.25, 0.3) is 0 Å². The average Bonchev–Trinajstić information content (AvgIpc) is 2.40. The molecular weight excluding hydrogens is 231 g/mol. The summed E-state index contributed by atoms with van der Waals surface area (Å²) in [6.07, 6.45) is 0. The van der Waals surface area contributed by atoms with Crippen molar-refractivity contribution in [3.05, 3.63) is 29.8 Å². The fourth-order valence-electron chi connectivity index (χ4n) is 1.55. The standard InChI is InChI=1S/C12H19O2P.C2H6/c1-12(13-2,14-3)10-8-6-7-9-11(10)15(4)5;1-2/h6-9H,1-5H3;1-2H3. The Labute approximate surface area is 107 Å². The summed E-state index contributed by atoms with van der Waals surface area (Å²) in [5, 5.41) is 1.33. The summed E-state index contributed by atoms with van der Waals surface area (Å²) in [6.45, 7) is 10.4. The Morgan fingerprint density at radius 2 is 1.47 bits per heavy atom. The minimum Gasteiger partial charge on any atom is -0.349 e. The molecule has 0 aliphatic carbocycles.